The predicted octanol–water partition coefficient (Wildman–Crippen LogP) is 3.39. The maximum absolute atomic E-state index is 10.7. The minimum Gasteiger partial charge on any atom is -0.298 e. The summed E-state index contributed by atoms with van der Waals surface area (Å²) in [4.78, 5) is 12.3. The molecule has 1 heterocycles. The fourth-order valence-electron chi connectivity index (χ4n) is 2.45. The summed E-state index contributed by atoms with van der Waals surface area (Å²) in [6, 6.07) is 19.3. The fourth-order valence-corrected chi connectivity index (χ4v) is 2.45. The number of aromatic nitrogens is 3. The summed E-state index contributed by atoms with van der Waals surface area (Å²) >= 11 is 0. The Kier molecular flexibility index (Phi) is 2.54. The number of benzene rings is 3. The van der Waals surface area contributed by atoms with Crippen LogP contribution in [-0.2, 0) is 0 Å². The average Bonchev–Trinajstić information content (AvgIpc) is 2.99. The topological polar surface area (TPSA) is 47.8 Å². The Morgan fingerprint density at radius 2 is 1.67 bits per heavy atom. The molecule has 0 spiro atoms. The van der Waals surface area contributed by atoms with E-state index in [9.17, 15) is 4.79 Å². The molecule has 0 aliphatic carbocycles. The van der Waals surface area contributed by atoms with Crippen LogP contribution in [0.15, 0.2) is 60.7 Å². The molecular formula is C17H11N3O. The van der Waals surface area contributed by atoms with Crippen LogP contribution in [0.3, 0.4) is 0 Å². The summed E-state index contributed by atoms with van der Waals surface area (Å²) in [6.45, 7) is 0. The molecule has 0 saturated heterocycles. The van der Waals surface area contributed by atoms with Gasteiger partial charge in [-0.15, -0.1) is 10.2 Å². The van der Waals surface area contributed by atoms with Crippen LogP contribution in [0.2, 0.25) is 0 Å². The molecule has 0 bridgehead atoms. The number of aldehydes is 1. The van der Waals surface area contributed by atoms with Crippen molar-refractivity contribution in [2.45, 2.75) is 0 Å². The molecule has 0 saturated carbocycles. The summed E-state index contributed by atoms with van der Waals surface area (Å²) in [5.74, 6) is 0. The summed E-state index contributed by atoms with van der Waals surface area (Å²) < 4.78 is 0. The molecule has 0 aliphatic rings. The number of rotatable bonds is 2. The van der Waals surface area contributed by atoms with E-state index in [0.717, 1.165) is 33.8 Å². The van der Waals surface area contributed by atoms with Crippen LogP contribution in [0.4, 0.5) is 0 Å². The molecular weight excluding hydrogens is 262 g/mol. The van der Waals surface area contributed by atoms with Crippen molar-refractivity contribution in [3.05, 3.63) is 66.2 Å². The van der Waals surface area contributed by atoms with E-state index in [1.54, 1.807) is 16.9 Å². The Hall–Kier alpha value is -3.01. The average molecular weight is 273 g/mol. The second-order valence-electron chi connectivity index (χ2n) is 4.85. The first-order valence-electron chi connectivity index (χ1n) is 6.65. The van der Waals surface area contributed by atoms with Crippen molar-refractivity contribution in [2.75, 3.05) is 0 Å². The molecule has 0 unspecified atom stereocenters. The third-order valence-corrected chi connectivity index (χ3v) is 3.54. The highest BCUT2D eigenvalue weighted by Gasteiger charge is 2.07. The molecule has 3 aromatic carbocycles. The van der Waals surface area contributed by atoms with Crippen molar-refractivity contribution >= 4 is 28.1 Å². The lowest BCUT2D eigenvalue weighted by Crippen LogP contribution is -1.98. The van der Waals surface area contributed by atoms with Crippen molar-refractivity contribution in [1.82, 2.24) is 15.0 Å². The summed E-state index contributed by atoms with van der Waals surface area (Å²) in [7, 11) is 0. The van der Waals surface area contributed by atoms with E-state index in [1.165, 1.54) is 0 Å². The third kappa shape index (κ3) is 1.89. The van der Waals surface area contributed by atoms with Gasteiger partial charge in [-0.05, 0) is 35.7 Å². The number of carbonyl (C=O) groups is 1. The standard InChI is InChI=1S/C17H11N3O/c21-11-12-5-8-14(9-6-12)20-18-16-10-7-13-3-1-2-4-15(13)17(16)19-20/h1-11H. The molecule has 21 heavy (non-hydrogen) atoms. The summed E-state index contributed by atoms with van der Waals surface area (Å²) in [6.07, 6.45) is 0.824. The molecule has 1 aromatic heterocycles. The molecule has 0 amide bonds. The van der Waals surface area contributed by atoms with E-state index in [2.05, 4.69) is 16.3 Å². The lowest BCUT2D eigenvalue weighted by molar-refractivity contribution is 0.112. The van der Waals surface area contributed by atoms with Crippen molar-refractivity contribution in [3.8, 4) is 5.69 Å². The van der Waals surface area contributed by atoms with Crippen molar-refractivity contribution < 1.29 is 4.79 Å². The fraction of sp³-hybridized carbons (Fsp3) is 0. The predicted molar refractivity (Wildman–Crippen MR) is 81.8 cm³/mol. The lowest BCUT2D eigenvalue weighted by atomic mass is 10.1. The van der Waals surface area contributed by atoms with E-state index < -0.39 is 0 Å². The van der Waals surface area contributed by atoms with E-state index in [-0.39, 0.29) is 0 Å². The maximum atomic E-state index is 10.7. The van der Waals surface area contributed by atoms with Crippen LogP contribution in [0, 0.1) is 0 Å². The van der Waals surface area contributed by atoms with E-state index in [1.807, 2.05) is 42.5 Å². The molecule has 4 aromatic rings. The van der Waals surface area contributed by atoms with Crippen molar-refractivity contribution in [2.24, 2.45) is 0 Å². The van der Waals surface area contributed by atoms with Gasteiger partial charge >= 0.3 is 0 Å². The van der Waals surface area contributed by atoms with Gasteiger partial charge in [-0.25, -0.2) is 0 Å². The van der Waals surface area contributed by atoms with Gasteiger partial charge in [-0.3, -0.25) is 4.79 Å². The highest BCUT2D eigenvalue weighted by atomic mass is 16.1. The molecule has 4 heteroatoms. The molecule has 0 fully saturated rings. The lowest BCUT2D eigenvalue weighted by Gasteiger charge is -1.98. The van der Waals surface area contributed by atoms with Gasteiger partial charge in [0.2, 0.25) is 0 Å². The zero-order valence-corrected chi connectivity index (χ0v) is 11.1. The highest BCUT2D eigenvalue weighted by Crippen LogP contribution is 2.23. The second kappa shape index (κ2) is 4.52. The van der Waals surface area contributed by atoms with Crippen LogP contribution in [0.5, 0.6) is 0 Å². The molecule has 0 radical (unpaired) electrons. The SMILES string of the molecule is O=Cc1ccc(-n2nc3ccc4ccccc4c3n2)cc1. The first-order chi connectivity index (χ1) is 10.3. The Morgan fingerprint density at radius 1 is 0.857 bits per heavy atom. The van der Waals surface area contributed by atoms with Crippen LogP contribution in [-0.4, -0.2) is 21.3 Å². The first-order valence-corrected chi connectivity index (χ1v) is 6.65. The molecule has 100 valence electrons. The molecule has 0 atom stereocenters. The normalized spacial score (nSPS) is 11.0. The Morgan fingerprint density at radius 3 is 2.48 bits per heavy atom. The van der Waals surface area contributed by atoms with Gasteiger partial charge in [0.05, 0.1) is 5.69 Å². The van der Waals surface area contributed by atoms with Gasteiger partial charge in [-0.2, -0.15) is 4.80 Å². The Balaban J connectivity index is 1.93. The van der Waals surface area contributed by atoms with Crippen molar-refractivity contribution in [1.29, 1.82) is 0 Å². The van der Waals surface area contributed by atoms with Crippen LogP contribution in [0.25, 0.3) is 27.5 Å². The number of hydrogen-bond donors (Lipinski definition) is 0. The van der Waals surface area contributed by atoms with Gasteiger partial charge in [0, 0.05) is 10.9 Å². The smallest absolute Gasteiger partial charge is 0.150 e. The quantitative estimate of drug-likeness (QED) is 0.526. The van der Waals surface area contributed by atoms with Gasteiger partial charge in [0.1, 0.15) is 17.3 Å². The summed E-state index contributed by atoms with van der Waals surface area (Å²) in [5, 5.41) is 11.3. The summed E-state index contributed by atoms with van der Waals surface area (Å²) in [5.41, 5.74) is 3.21. The zero-order valence-electron chi connectivity index (χ0n) is 11.1. The van der Waals surface area contributed by atoms with Gasteiger partial charge < -0.3 is 0 Å². The second-order valence-corrected chi connectivity index (χ2v) is 4.85. The van der Waals surface area contributed by atoms with E-state index in [0.29, 0.717) is 5.56 Å². The third-order valence-electron chi connectivity index (χ3n) is 3.54. The van der Waals surface area contributed by atoms with E-state index >= 15 is 0 Å². The molecule has 4 rings (SSSR count). The Bertz CT molecular complexity index is 955. The number of nitrogens with zero attached hydrogens (tertiary/aromatic N) is 3. The number of carbonyl (C=O) groups excluding carboxylic acids is 1. The maximum Gasteiger partial charge on any atom is 0.150 e. The minimum atomic E-state index is 0.640. The van der Waals surface area contributed by atoms with Crippen LogP contribution < -0.4 is 0 Å². The molecule has 4 nitrogen and oxygen atoms in total. The number of hydrogen-bond acceptors (Lipinski definition) is 3. The van der Waals surface area contributed by atoms with Crippen molar-refractivity contribution in [3.63, 3.8) is 0 Å². The van der Waals surface area contributed by atoms with Gasteiger partial charge in [-0.1, -0.05) is 30.3 Å². The Labute approximate surface area is 120 Å². The first kappa shape index (κ1) is 11.8. The monoisotopic (exact) mass is 273 g/mol. The van der Waals surface area contributed by atoms with E-state index in [4.69, 9.17) is 0 Å². The molecule has 0 aliphatic heterocycles. The largest absolute Gasteiger partial charge is 0.298 e. The number of fused-ring (bicyclic) bond motifs is 3. The van der Waals surface area contributed by atoms with Crippen LogP contribution >= 0.6 is 0 Å². The zero-order chi connectivity index (χ0) is 14.2. The van der Waals surface area contributed by atoms with Gasteiger partial charge in [0.15, 0.2) is 0 Å². The minimum absolute atomic E-state index is 0.640. The van der Waals surface area contributed by atoms with Gasteiger partial charge in [0.25, 0.3) is 0 Å². The highest BCUT2D eigenvalue weighted by molar-refractivity contribution is 6.03. The van der Waals surface area contributed by atoms with Crippen LogP contribution in [0.1, 0.15) is 10.4 Å². The molecule has 0 N–H and O–H groups in total.